The van der Waals surface area contributed by atoms with E-state index in [9.17, 15) is 29.4 Å². The molecular weight excluding hydrogens is 486 g/mol. The van der Waals surface area contributed by atoms with Gasteiger partial charge in [-0.05, 0) is 62.8 Å². The summed E-state index contributed by atoms with van der Waals surface area (Å²) in [5.41, 5.74) is -1.17. The van der Waals surface area contributed by atoms with Gasteiger partial charge in [0, 0.05) is 24.4 Å². The molecule has 0 radical (unpaired) electrons. The molecule has 4 N–H and O–H groups in total. The maximum Gasteiger partial charge on any atom is 0.260 e. The standard InChI is InChI=1S/C29H39N3O6/c33-17-24(34)23(16-19-14-15-30-26(19)35)31-27(36)25-18-10-12-22(13-11-18)32(25)28(37)29(38,21-8-4-5-9-21)20-6-2-1-3-7-20/h1-3,6-7,18-19,21-23,25,33,38H,4-5,8-17H2,(H,30,35)(H,31,36)/t18?,19-,22?,23+,25+,29-/m1/s1. The van der Waals surface area contributed by atoms with Crippen molar-refractivity contribution in [2.75, 3.05) is 13.2 Å². The predicted molar refractivity (Wildman–Crippen MR) is 138 cm³/mol. The molecule has 4 atom stereocenters. The summed E-state index contributed by atoms with van der Waals surface area (Å²) in [5.74, 6) is -2.30. The molecule has 2 bridgehead atoms. The van der Waals surface area contributed by atoms with Crippen LogP contribution in [0, 0.1) is 17.8 Å². The summed E-state index contributed by atoms with van der Waals surface area (Å²) in [6.07, 6.45) is 7.20. The van der Waals surface area contributed by atoms with E-state index in [0.717, 1.165) is 51.4 Å². The molecule has 206 valence electrons. The highest BCUT2D eigenvalue weighted by Gasteiger charge is 2.55. The van der Waals surface area contributed by atoms with E-state index in [2.05, 4.69) is 10.6 Å². The number of hydrogen-bond donors (Lipinski definition) is 4. The molecule has 38 heavy (non-hydrogen) atoms. The molecule has 3 heterocycles. The summed E-state index contributed by atoms with van der Waals surface area (Å²) >= 11 is 0. The van der Waals surface area contributed by atoms with E-state index in [-0.39, 0.29) is 30.2 Å². The number of piperidine rings is 2. The van der Waals surface area contributed by atoms with E-state index in [4.69, 9.17) is 0 Å². The molecule has 0 spiro atoms. The normalized spacial score (nSPS) is 29.5. The molecule has 0 aromatic heterocycles. The number of nitrogens with one attached hydrogen (secondary N) is 2. The Morgan fingerprint density at radius 2 is 1.71 bits per heavy atom. The summed E-state index contributed by atoms with van der Waals surface area (Å²) in [7, 11) is 0. The van der Waals surface area contributed by atoms with Crippen molar-refractivity contribution in [1.29, 1.82) is 0 Å². The minimum atomic E-state index is -1.73. The van der Waals surface area contributed by atoms with E-state index in [1.54, 1.807) is 17.0 Å². The third kappa shape index (κ3) is 4.86. The molecule has 3 amide bonds. The van der Waals surface area contributed by atoms with Crippen molar-refractivity contribution in [3.63, 3.8) is 0 Å². The average molecular weight is 526 g/mol. The number of aliphatic hydroxyl groups is 2. The molecule has 6 rings (SSSR count). The lowest BCUT2D eigenvalue weighted by atomic mass is 9.71. The third-order valence-electron chi connectivity index (χ3n) is 9.41. The molecular formula is C29H39N3O6. The highest BCUT2D eigenvalue weighted by Crippen LogP contribution is 2.46. The Labute approximate surface area is 223 Å². The smallest absolute Gasteiger partial charge is 0.260 e. The number of nitrogens with zero attached hydrogens (tertiary/aromatic N) is 1. The summed E-state index contributed by atoms with van der Waals surface area (Å²) in [6.45, 7) is -0.223. The zero-order valence-corrected chi connectivity index (χ0v) is 21.8. The van der Waals surface area contributed by atoms with Gasteiger partial charge in [0.2, 0.25) is 11.8 Å². The van der Waals surface area contributed by atoms with Gasteiger partial charge in [-0.3, -0.25) is 19.2 Å². The second-order valence-corrected chi connectivity index (χ2v) is 11.5. The van der Waals surface area contributed by atoms with Gasteiger partial charge in [0.25, 0.3) is 5.91 Å². The minimum absolute atomic E-state index is 0.0767. The van der Waals surface area contributed by atoms with Crippen LogP contribution in [0.1, 0.15) is 69.8 Å². The van der Waals surface area contributed by atoms with Crippen molar-refractivity contribution >= 4 is 23.5 Å². The maximum atomic E-state index is 14.4. The second kappa shape index (κ2) is 11.1. The Morgan fingerprint density at radius 1 is 1.03 bits per heavy atom. The number of Topliss-reactive ketones (excluding diaryl/α,β-unsaturated/α-hetero) is 1. The summed E-state index contributed by atoms with van der Waals surface area (Å²) in [6, 6.07) is 7.09. The van der Waals surface area contributed by atoms with Crippen molar-refractivity contribution in [3.8, 4) is 0 Å². The van der Waals surface area contributed by atoms with E-state index in [0.29, 0.717) is 18.5 Å². The molecule has 1 aromatic carbocycles. The van der Waals surface area contributed by atoms with Crippen molar-refractivity contribution in [2.24, 2.45) is 17.8 Å². The van der Waals surface area contributed by atoms with Gasteiger partial charge >= 0.3 is 0 Å². The highest BCUT2D eigenvalue weighted by atomic mass is 16.3. The molecule has 3 saturated heterocycles. The van der Waals surface area contributed by atoms with Crippen LogP contribution < -0.4 is 10.6 Å². The van der Waals surface area contributed by atoms with Crippen LogP contribution in [0.3, 0.4) is 0 Å². The largest absolute Gasteiger partial charge is 0.389 e. The Bertz CT molecular complexity index is 1050. The van der Waals surface area contributed by atoms with Crippen LogP contribution in [-0.4, -0.2) is 69.9 Å². The fourth-order valence-electron chi connectivity index (χ4n) is 7.34. The summed E-state index contributed by atoms with van der Waals surface area (Å²) in [4.78, 5) is 54.7. The van der Waals surface area contributed by atoms with Gasteiger partial charge in [-0.1, -0.05) is 43.2 Å². The zero-order chi connectivity index (χ0) is 26.9. The number of rotatable bonds is 9. The van der Waals surface area contributed by atoms with Crippen LogP contribution in [0.5, 0.6) is 0 Å². The quantitative estimate of drug-likeness (QED) is 0.385. The molecule has 1 aromatic rings. The number of benzene rings is 1. The lowest BCUT2D eigenvalue weighted by Crippen LogP contribution is -2.67. The first-order chi connectivity index (χ1) is 18.3. The van der Waals surface area contributed by atoms with Crippen LogP contribution in [0.15, 0.2) is 30.3 Å². The first-order valence-electron chi connectivity index (χ1n) is 14.2. The molecule has 5 fully saturated rings. The Hall–Kier alpha value is -2.78. The van der Waals surface area contributed by atoms with Crippen molar-refractivity contribution in [2.45, 2.75) is 87.9 Å². The number of ketones is 1. The van der Waals surface area contributed by atoms with Crippen LogP contribution in [-0.2, 0) is 24.8 Å². The Balaban J connectivity index is 1.44. The first kappa shape index (κ1) is 26.8. The van der Waals surface area contributed by atoms with Gasteiger partial charge in [0.1, 0.15) is 12.6 Å². The van der Waals surface area contributed by atoms with Crippen LogP contribution in [0.25, 0.3) is 0 Å². The van der Waals surface area contributed by atoms with E-state index in [1.165, 1.54) is 0 Å². The van der Waals surface area contributed by atoms with Gasteiger partial charge in [-0.15, -0.1) is 0 Å². The van der Waals surface area contributed by atoms with Gasteiger partial charge in [0.05, 0.1) is 6.04 Å². The first-order valence-corrected chi connectivity index (χ1v) is 14.2. The molecule has 2 saturated carbocycles. The van der Waals surface area contributed by atoms with Crippen LogP contribution in [0.2, 0.25) is 0 Å². The zero-order valence-electron chi connectivity index (χ0n) is 21.8. The molecule has 0 unspecified atom stereocenters. The Morgan fingerprint density at radius 3 is 2.32 bits per heavy atom. The number of carbonyl (C=O) groups is 4. The minimum Gasteiger partial charge on any atom is -0.389 e. The number of fused-ring (bicyclic) bond motifs is 3. The number of carbonyl (C=O) groups excluding carboxylic acids is 4. The fraction of sp³-hybridized carbons (Fsp3) is 0.655. The second-order valence-electron chi connectivity index (χ2n) is 11.5. The third-order valence-corrected chi connectivity index (χ3v) is 9.41. The van der Waals surface area contributed by atoms with Crippen molar-refractivity contribution in [3.05, 3.63) is 35.9 Å². The van der Waals surface area contributed by atoms with Gasteiger partial charge in [-0.2, -0.15) is 0 Å². The van der Waals surface area contributed by atoms with Crippen molar-refractivity contribution in [1.82, 2.24) is 15.5 Å². The average Bonchev–Trinajstić information content (AvgIpc) is 3.64. The van der Waals surface area contributed by atoms with E-state index >= 15 is 0 Å². The SMILES string of the molecule is O=C1NCC[C@@H]1C[C@H](NC(=O)[C@@H]1C2CCC(CC2)N1C(=O)[C@@](O)(c1ccccc1)C1CCCC1)C(=O)CO. The van der Waals surface area contributed by atoms with Crippen LogP contribution >= 0.6 is 0 Å². The monoisotopic (exact) mass is 525 g/mol. The molecule has 9 nitrogen and oxygen atoms in total. The highest BCUT2D eigenvalue weighted by molar-refractivity contribution is 5.96. The summed E-state index contributed by atoms with van der Waals surface area (Å²) < 4.78 is 0. The number of aliphatic hydroxyl groups excluding tert-OH is 1. The molecule has 3 aliphatic heterocycles. The fourth-order valence-corrected chi connectivity index (χ4v) is 7.34. The summed E-state index contributed by atoms with van der Waals surface area (Å²) in [5, 5.41) is 27.3. The molecule has 2 aliphatic carbocycles. The molecule has 9 heteroatoms. The van der Waals surface area contributed by atoms with E-state index in [1.807, 2.05) is 18.2 Å². The number of hydrogen-bond acceptors (Lipinski definition) is 6. The Kier molecular flexibility index (Phi) is 7.86. The van der Waals surface area contributed by atoms with Crippen molar-refractivity contribution < 1.29 is 29.4 Å². The van der Waals surface area contributed by atoms with Gasteiger partial charge in [-0.25, -0.2) is 0 Å². The maximum absolute atomic E-state index is 14.4. The lowest BCUT2D eigenvalue weighted by molar-refractivity contribution is -0.176. The van der Waals surface area contributed by atoms with E-state index < -0.39 is 47.8 Å². The lowest BCUT2D eigenvalue weighted by Gasteiger charge is -2.53. The van der Waals surface area contributed by atoms with Gasteiger partial charge in [0.15, 0.2) is 11.4 Å². The number of amides is 3. The topological polar surface area (TPSA) is 136 Å². The van der Waals surface area contributed by atoms with Gasteiger partial charge < -0.3 is 25.7 Å². The predicted octanol–water partition coefficient (Wildman–Crippen LogP) is 1.41. The van der Waals surface area contributed by atoms with Crippen LogP contribution in [0.4, 0.5) is 0 Å². The molecule has 5 aliphatic rings.